The number of hydrogen-bond acceptors (Lipinski definition) is 3. The smallest absolute Gasteiger partial charge is 0.0613 e. The maximum atomic E-state index is 5.86. The van der Waals surface area contributed by atoms with Crippen LogP contribution in [0.1, 0.15) is 46.0 Å². The standard InChI is InChI=1S/C16H30N2O/c1-3-15-13(7-10-19-15)11-18-9-4-8-17-16(2,12-18)14-5-6-14/h13-15,17H,3-12H2,1-2H3. The van der Waals surface area contributed by atoms with E-state index in [9.17, 15) is 0 Å². The molecular weight excluding hydrogens is 236 g/mol. The van der Waals surface area contributed by atoms with Gasteiger partial charge in [-0.2, -0.15) is 0 Å². The molecule has 110 valence electrons. The van der Waals surface area contributed by atoms with E-state index in [2.05, 4.69) is 24.1 Å². The fourth-order valence-corrected chi connectivity index (χ4v) is 4.11. The van der Waals surface area contributed by atoms with Gasteiger partial charge in [-0.25, -0.2) is 0 Å². The highest BCUT2D eigenvalue weighted by molar-refractivity contribution is 5.01. The lowest BCUT2D eigenvalue weighted by atomic mass is 9.93. The van der Waals surface area contributed by atoms with Crippen LogP contribution in [-0.4, -0.2) is 49.3 Å². The van der Waals surface area contributed by atoms with Gasteiger partial charge in [0.25, 0.3) is 0 Å². The van der Waals surface area contributed by atoms with Crippen molar-refractivity contribution >= 4 is 0 Å². The molecule has 0 spiro atoms. The molecule has 0 aromatic carbocycles. The molecule has 0 radical (unpaired) electrons. The molecule has 19 heavy (non-hydrogen) atoms. The summed E-state index contributed by atoms with van der Waals surface area (Å²) >= 11 is 0. The Balaban J connectivity index is 1.59. The molecule has 1 N–H and O–H groups in total. The lowest BCUT2D eigenvalue weighted by molar-refractivity contribution is 0.0720. The second kappa shape index (κ2) is 5.71. The first kappa shape index (κ1) is 13.8. The summed E-state index contributed by atoms with van der Waals surface area (Å²) in [6, 6.07) is 0. The van der Waals surface area contributed by atoms with Gasteiger partial charge in [-0.1, -0.05) is 6.92 Å². The third-order valence-corrected chi connectivity index (χ3v) is 5.45. The average Bonchev–Trinajstić information content (AvgIpc) is 3.18. The molecule has 2 aliphatic heterocycles. The zero-order valence-electron chi connectivity index (χ0n) is 12.7. The van der Waals surface area contributed by atoms with Crippen molar-refractivity contribution in [1.82, 2.24) is 10.2 Å². The molecule has 1 aliphatic carbocycles. The maximum Gasteiger partial charge on any atom is 0.0613 e. The van der Waals surface area contributed by atoms with Gasteiger partial charge in [0.1, 0.15) is 0 Å². The topological polar surface area (TPSA) is 24.5 Å². The van der Waals surface area contributed by atoms with Crippen molar-refractivity contribution in [3.8, 4) is 0 Å². The number of nitrogens with zero attached hydrogens (tertiary/aromatic N) is 1. The Bertz CT molecular complexity index is 305. The van der Waals surface area contributed by atoms with E-state index in [1.54, 1.807) is 0 Å². The Hall–Kier alpha value is -0.120. The highest BCUT2D eigenvalue weighted by Gasteiger charge is 2.43. The number of rotatable bonds is 4. The largest absolute Gasteiger partial charge is 0.378 e. The van der Waals surface area contributed by atoms with Crippen molar-refractivity contribution in [2.75, 3.05) is 32.8 Å². The van der Waals surface area contributed by atoms with Crippen LogP contribution in [0.3, 0.4) is 0 Å². The van der Waals surface area contributed by atoms with Gasteiger partial charge in [0.15, 0.2) is 0 Å². The molecule has 0 amide bonds. The third-order valence-electron chi connectivity index (χ3n) is 5.45. The Morgan fingerprint density at radius 2 is 2.16 bits per heavy atom. The van der Waals surface area contributed by atoms with Gasteiger partial charge in [0, 0.05) is 25.2 Å². The van der Waals surface area contributed by atoms with Crippen molar-refractivity contribution in [3.63, 3.8) is 0 Å². The van der Waals surface area contributed by atoms with E-state index in [1.165, 1.54) is 58.3 Å². The zero-order chi connectivity index (χ0) is 13.3. The van der Waals surface area contributed by atoms with Gasteiger partial charge in [-0.3, -0.25) is 0 Å². The first-order valence-corrected chi connectivity index (χ1v) is 8.30. The highest BCUT2D eigenvalue weighted by atomic mass is 16.5. The molecule has 3 unspecified atom stereocenters. The van der Waals surface area contributed by atoms with E-state index in [-0.39, 0.29) is 0 Å². The minimum absolute atomic E-state index is 0.373. The van der Waals surface area contributed by atoms with Crippen molar-refractivity contribution in [3.05, 3.63) is 0 Å². The molecule has 3 rings (SSSR count). The molecule has 3 atom stereocenters. The average molecular weight is 266 g/mol. The fraction of sp³-hybridized carbons (Fsp3) is 1.00. The summed E-state index contributed by atoms with van der Waals surface area (Å²) in [7, 11) is 0. The minimum Gasteiger partial charge on any atom is -0.378 e. The molecule has 2 heterocycles. The van der Waals surface area contributed by atoms with Crippen LogP contribution in [0.25, 0.3) is 0 Å². The Labute approximate surface area is 118 Å². The lowest BCUT2D eigenvalue weighted by Crippen LogP contribution is -2.51. The van der Waals surface area contributed by atoms with E-state index in [0.717, 1.165) is 18.4 Å². The van der Waals surface area contributed by atoms with Crippen LogP contribution in [0, 0.1) is 11.8 Å². The van der Waals surface area contributed by atoms with E-state index in [4.69, 9.17) is 4.74 Å². The van der Waals surface area contributed by atoms with Gasteiger partial charge < -0.3 is 15.0 Å². The molecule has 0 bridgehead atoms. The second-order valence-corrected chi connectivity index (χ2v) is 7.07. The molecule has 1 saturated carbocycles. The number of ether oxygens (including phenoxy) is 1. The monoisotopic (exact) mass is 266 g/mol. The summed E-state index contributed by atoms with van der Waals surface area (Å²) in [4.78, 5) is 2.72. The second-order valence-electron chi connectivity index (χ2n) is 7.07. The van der Waals surface area contributed by atoms with Crippen molar-refractivity contribution in [2.24, 2.45) is 11.8 Å². The molecular formula is C16H30N2O. The molecule has 3 nitrogen and oxygen atoms in total. The van der Waals surface area contributed by atoms with Crippen LogP contribution < -0.4 is 5.32 Å². The Kier molecular flexibility index (Phi) is 4.16. The van der Waals surface area contributed by atoms with Crippen LogP contribution >= 0.6 is 0 Å². The normalized spacial score (nSPS) is 41.4. The van der Waals surface area contributed by atoms with Crippen molar-refractivity contribution < 1.29 is 4.74 Å². The van der Waals surface area contributed by atoms with Gasteiger partial charge in [-0.15, -0.1) is 0 Å². The predicted octanol–water partition coefficient (Wildman–Crippen LogP) is 2.27. The van der Waals surface area contributed by atoms with Gasteiger partial charge in [0.05, 0.1) is 6.10 Å². The SMILES string of the molecule is CCC1OCCC1CN1CCCNC(C)(C2CC2)C1. The quantitative estimate of drug-likeness (QED) is 0.845. The lowest BCUT2D eigenvalue weighted by Gasteiger charge is -2.35. The number of hydrogen-bond donors (Lipinski definition) is 1. The van der Waals surface area contributed by atoms with Crippen LogP contribution in [0.15, 0.2) is 0 Å². The summed E-state index contributed by atoms with van der Waals surface area (Å²) in [6.07, 6.45) is 7.12. The van der Waals surface area contributed by atoms with Crippen molar-refractivity contribution in [1.29, 1.82) is 0 Å². The molecule has 3 fully saturated rings. The summed E-state index contributed by atoms with van der Waals surface area (Å²) < 4.78 is 5.86. The van der Waals surface area contributed by atoms with Crippen LogP contribution in [-0.2, 0) is 4.74 Å². The molecule has 3 heteroatoms. The van der Waals surface area contributed by atoms with Gasteiger partial charge in [0.2, 0.25) is 0 Å². The minimum atomic E-state index is 0.373. The van der Waals surface area contributed by atoms with Crippen LogP contribution in [0.5, 0.6) is 0 Å². The Morgan fingerprint density at radius 1 is 1.32 bits per heavy atom. The van der Waals surface area contributed by atoms with Crippen LogP contribution in [0.4, 0.5) is 0 Å². The third kappa shape index (κ3) is 3.14. The molecule has 2 saturated heterocycles. The Morgan fingerprint density at radius 3 is 2.89 bits per heavy atom. The highest BCUT2D eigenvalue weighted by Crippen LogP contribution is 2.40. The maximum absolute atomic E-state index is 5.86. The van der Waals surface area contributed by atoms with Crippen molar-refractivity contribution in [2.45, 2.75) is 57.6 Å². The number of nitrogens with one attached hydrogen (secondary N) is 1. The van der Waals surface area contributed by atoms with E-state index >= 15 is 0 Å². The first-order valence-electron chi connectivity index (χ1n) is 8.30. The van der Waals surface area contributed by atoms with E-state index in [0.29, 0.717) is 11.6 Å². The summed E-state index contributed by atoms with van der Waals surface area (Å²) in [5, 5.41) is 3.83. The van der Waals surface area contributed by atoms with Crippen LogP contribution in [0.2, 0.25) is 0 Å². The fourth-order valence-electron chi connectivity index (χ4n) is 4.11. The molecule has 0 aromatic heterocycles. The van der Waals surface area contributed by atoms with E-state index < -0.39 is 0 Å². The summed E-state index contributed by atoms with van der Waals surface area (Å²) in [6.45, 7) is 10.7. The van der Waals surface area contributed by atoms with Gasteiger partial charge >= 0.3 is 0 Å². The van der Waals surface area contributed by atoms with Gasteiger partial charge in [-0.05, 0) is 64.0 Å². The van der Waals surface area contributed by atoms with E-state index in [1.807, 2.05) is 0 Å². The molecule has 0 aromatic rings. The summed E-state index contributed by atoms with van der Waals surface area (Å²) in [5.74, 6) is 1.70. The zero-order valence-corrected chi connectivity index (χ0v) is 12.7. The predicted molar refractivity (Wildman–Crippen MR) is 78.3 cm³/mol. The first-order chi connectivity index (χ1) is 9.21. The molecule has 3 aliphatic rings. The summed E-state index contributed by atoms with van der Waals surface area (Å²) in [5.41, 5.74) is 0.373.